The third-order valence-electron chi connectivity index (χ3n) is 2.89. The number of benzene rings is 1. The molecular formula is C11H9F3INO2. The minimum Gasteiger partial charge on any atom is -0.481 e. The summed E-state index contributed by atoms with van der Waals surface area (Å²) in [5.41, 5.74) is 0.963. The first-order valence-electron chi connectivity index (χ1n) is 5.13. The molecule has 2 unspecified atom stereocenters. The first-order chi connectivity index (χ1) is 8.29. The number of carboxylic acid groups (broad SMARTS) is 1. The van der Waals surface area contributed by atoms with Crippen molar-refractivity contribution in [3.05, 3.63) is 27.3 Å². The lowest BCUT2D eigenvalue weighted by Crippen LogP contribution is -2.49. The summed E-state index contributed by atoms with van der Waals surface area (Å²) in [6.07, 6.45) is -4.69. The van der Waals surface area contributed by atoms with Crippen LogP contribution in [0.15, 0.2) is 18.2 Å². The van der Waals surface area contributed by atoms with Gasteiger partial charge in [0.05, 0.1) is 5.92 Å². The van der Waals surface area contributed by atoms with Crippen molar-refractivity contribution in [1.29, 1.82) is 0 Å². The molecular weight excluding hydrogens is 362 g/mol. The van der Waals surface area contributed by atoms with Crippen molar-refractivity contribution in [2.75, 3.05) is 5.32 Å². The Bertz CT molecular complexity index is 490. The van der Waals surface area contributed by atoms with E-state index in [1.165, 1.54) is 0 Å². The number of nitrogens with one attached hydrogen (secondary N) is 1. The number of anilines is 1. The summed E-state index contributed by atoms with van der Waals surface area (Å²) in [6.45, 7) is 0. The molecule has 2 N–H and O–H groups in total. The lowest BCUT2D eigenvalue weighted by Gasteiger charge is -2.33. The monoisotopic (exact) mass is 371 g/mol. The number of fused-ring (bicyclic) bond motifs is 1. The fraction of sp³-hybridized carbons (Fsp3) is 0.364. The number of rotatable bonds is 1. The van der Waals surface area contributed by atoms with Crippen LogP contribution in [-0.2, 0) is 11.2 Å². The van der Waals surface area contributed by atoms with Crippen molar-refractivity contribution in [2.24, 2.45) is 5.92 Å². The van der Waals surface area contributed by atoms with Gasteiger partial charge in [-0.2, -0.15) is 13.2 Å². The van der Waals surface area contributed by atoms with Gasteiger partial charge in [-0.05, 0) is 52.8 Å². The second kappa shape index (κ2) is 4.60. The molecule has 1 heterocycles. The fourth-order valence-corrected chi connectivity index (χ4v) is 2.59. The van der Waals surface area contributed by atoms with Crippen molar-refractivity contribution >= 4 is 34.2 Å². The fourth-order valence-electron chi connectivity index (χ4n) is 2.03. The summed E-state index contributed by atoms with van der Waals surface area (Å²) in [6, 6.07) is 2.89. The summed E-state index contributed by atoms with van der Waals surface area (Å²) in [4.78, 5) is 11.0. The van der Waals surface area contributed by atoms with Crippen molar-refractivity contribution in [2.45, 2.75) is 18.6 Å². The molecule has 98 valence electrons. The van der Waals surface area contributed by atoms with Gasteiger partial charge in [-0.15, -0.1) is 0 Å². The normalized spacial score (nSPS) is 23.1. The Balaban J connectivity index is 2.40. The highest BCUT2D eigenvalue weighted by molar-refractivity contribution is 14.1. The van der Waals surface area contributed by atoms with E-state index in [1.807, 2.05) is 22.6 Å². The van der Waals surface area contributed by atoms with Crippen LogP contribution in [0, 0.1) is 9.49 Å². The van der Waals surface area contributed by atoms with Crippen molar-refractivity contribution in [3.63, 3.8) is 0 Å². The molecule has 0 spiro atoms. The van der Waals surface area contributed by atoms with E-state index < -0.39 is 24.1 Å². The second-order valence-electron chi connectivity index (χ2n) is 4.11. The van der Waals surface area contributed by atoms with Crippen LogP contribution in [0.5, 0.6) is 0 Å². The lowest BCUT2D eigenvalue weighted by atomic mass is 9.87. The minimum absolute atomic E-state index is 0.112. The van der Waals surface area contributed by atoms with Gasteiger partial charge in [0, 0.05) is 9.26 Å². The molecule has 0 amide bonds. The molecule has 1 aliphatic heterocycles. The first-order valence-corrected chi connectivity index (χ1v) is 6.21. The van der Waals surface area contributed by atoms with Gasteiger partial charge in [-0.3, -0.25) is 4.79 Å². The molecule has 0 radical (unpaired) electrons. The first kappa shape index (κ1) is 13.4. The van der Waals surface area contributed by atoms with Crippen LogP contribution >= 0.6 is 22.6 Å². The van der Waals surface area contributed by atoms with Crippen molar-refractivity contribution in [3.8, 4) is 0 Å². The van der Waals surface area contributed by atoms with Crippen LogP contribution in [0.25, 0.3) is 0 Å². The van der Waals surface area contributed by atoms with Crippen molar-refractivity contribution in [1.82, 2.24) is 0 Å². The highest BCUT2D eigenvalue weighted by atomic mass is 127. The number of hydrogen-bond acceptors (Lipinski definition) is 2. The molecule has 1 aliphatic rings. The molecule has 2 rings (SSSR count). The zero-order valence-electron chi connectivity index (χ0n) is 8.96. The number of carboxylic acids is 1. The summed E-state index contributed by atoms with van der Waals surface area (Å²) < 4.78 is 39.3. The predicted octanol–water partition coefficient (Wildman–Crippen LogP) is 2.89. The molecule has 0 aromatic heterocycles. The highest BCUT2D eigenvalue weighted by Crippen LogP contribution is 2.37. The molecule has 0 saturated carbocycles. The van der Waals surface area contributed by atoms with Gasteiger partial charge in [-0.1, -0.05) is 0 Å². The van der Waals surface area contributed by atoms with E-state index in [9.17, 15) is 18.0 Å². The Morgan fingerprint density at radius 1 is 1.44 bits per heavy atom. The standard InChI is InChI=1S/C11H9F3INO2/c12-11(13,14)9-7(10(17)18)4-5-3-6(15)1-2-8(5)16-9/h1-3,7,9,16H,4H2,(H,17,18). The van der Waals surface area contributed by atoms with Gasteiger partial charge in [-0.25, -0.2) is 0 Å². The van der Waals surface area contributed by atoms with E-state index in [1.54, 1.807) is 18.2 Å². The summed E-state index contributed by atoms with van der Waals surface area (Å²) in [7, 11) is 0. The molecule has 0 saturated heterocycles. The van der Waals surface area contributed by atoms with Crippen LogP contribution in [0.2, 0.25) is 0 Å². The van der Waals surface area contributed by atoms with Gasteiger partial charge < -0.3 is 10.4 Å². The van der Waals surface area contributed by atoms with E-state index in [0.29, 0.717) is 11.3 Å². The largest absolute Gasteiger partial charge is 0.481 e. The topological polar surface area (TPSA) is 49.3 Å². The molecule has 7 heteroatoms. The van der Waals surface area contributed by atoms with Gasteiger partial charge in [0.1, 0.15) is 6.04 Å². The second-order valence-corrected chi connectivity index (χ2v) is 5.36. The zero-order chi connectivity index (χ0) is 13.5. The number of alkyl halides is 3. The number of aliphatic carboxylic acids is 1. The summed E-state index contributed by atoms with van der Waals surface area (Å²) in [5.74, 6) is -2.93. The van der Waals surface area contributed by atoms with E-state index in [-0.39, 0.29) is 6.42 Å². The summed E-state index contributed by atoms with van der Waals surface area (Å²) in [5, 5.41) is 11.2. The Morgan fingerprint density at radius 3 is 2.67 bits per heavy atom. The van der Waals surface area contributed by atoms with Crippen molar-refractivity contribution < 1.29 is 23.1 Å². The van der Waals surface area contributed by atoms with Crippen LogP contribution in [-0.4, -0.2) is 23.3 Å². The molecule has 1 aromatic carbocycles. The maximum absolute atomic E-state index is 12.8. The zero-order valence-corrected chi connectivity index (χ0v) is 11.1. The molecule has 18 heavy (non-hydrogen) atoms. The predicted molar refractivity (Wildman–Crippen MR) is 67.5 cm³/mol. The van der Waals surface area contributed by atoms with Crippen LogP contribution < -0.4 is 5.32 Å². The van der Waals surface area contributed by atoms with E-state index in [2.05, 4.69) is 5.32 Å². The Hall–Kier alpha value is -0.990. The molecule has 1 aromatic rings. The SMILES string of the molecule is O=C(O)C1Cc2cc(I)ccc2NC1C(F)(F)F. The minimum atomic E-state index is -4.58. The maximum Gasteiger partial charge on any atom is 0.409 e. The molecule has 0 bridgehead atoms. The average Bonchev–Trinajstić information content (AvgIpc) is 2.25. The quantitative estimate of drug-likeness (QED) is 0.747. The van der Waals surface area contributed by atoms with Crippen LogP contribution in [0.3, 0.4) is 0 Å². The van der Waals surface area contributed by atoms with Gasteiger partial charge >= 0.3 is 12.1 Å². The number of hydrogen-bond donors (Lipinski definition) is 2. The van der Waals surface area contributed by atoms with E-state index in [4.69, 9.17) is 5.11 Å². The third-order valence-corrected chi connectivity index (χ3v) is 3.56. The highest BCUT2D eigenvalue weighted by Gasteiger charge is 2.49. The Labute approximate surface area is 115 Å². The molecule has 3 nitrogen and oxygen atoms in total. The smallest absolute Gasteiger partial charge is 0.409 e. The number of halogens is 4. The van der Waals surface area contributed by atoms with Gasteiger partial charge in [0.25, 0.3) is 0 Å². The van der Waals surface area contributed by atoms with E-state index in [0.717, 1.165) is 3.57 Å². The van der Waals surface area contributed by atoms with Crippen LogP contribution in [0.1, 0.15) is 5.56 Å². The third kappa shape index (κ3) is 2.55. The molecule has 2 atom stereocenters. The average molecular weight is 371 g/mol. The van der Waals surface area contributed by atoms with Gasteiger partial charge in [0.15, 0.2) is 0 Å². The van der Waals surface area contributed by atoms with Crippen LogP contribution in [0.4, 0.5) is 18.9 Å². The van der Waals surface area contributed by atoms with Gasteiger partial charge in [0.2, 0.25) is 0 Å². The molecule has 0 aliphatic carbocycles. The molecule has 0 fully saturated rings. The summed E-state index contributed by atoms with van der Waals surface area (Å²) >= 11 is 2.03. The number of carbonyl (C=O) groups is 1. The maximum atomic E-state index is 12.8. The Kier molecular flexibility index (Phi) is 3.43. The lowest BCUT2D eigenvalue weighted by molar-refractivity contribution is -0.169. The Morgan fingerprint density at radius 2 is 2.11 bits per heavy atom. The van der Waals surface area contributed by atoms with E-state index >= 15 is 0 Å².